The minimum Gasteiger partial charge on any atom is -0.478 e. The van der Waals surface area contributed by atoms with E-state index >= 15 is 0 Å². The summed E-state index contributed by atoms with van der Waals surface area (Å²) in [5, 5.41) is 8.80. The van der Waals surface area contributed by atoms with Crippen LogP contribution >= 0.6 is 27.5 Å². The Morgan fingerprint density at radius 3 is 2.70 bits per heavy atom. The molecule has 20 heavy (non-hydrogen) atoms. The molecule has 0 spiro atoms. The van der Waals surface area contributed by atoms with Gasteiger partial charge in [0, 0.05) is 10.5 Å². The Morgan fingerprint density at radius 2 is 2.05 bits per heavy atom. The zero-order valence-electron chi connectivity index (χ0n) is 9.53. The molecule has 2 rings (SSSR count). The number of hydrogen-bond donors (Lipinski definition) is 1. The minimum absolute atomic E-state index is 0.0919. The van der Waals surface area contributed by atoms with Crippen LogP contribution in [-0.2, 0) is 0 Å². The van der Waals surface area contributed by atoms with E-state index in [4.69, 9.17) is 21.4 Å². The monoisotopic (exact) mass is 363 g/mol. The van der Waals surface area contributed by atoms with Crippen molar-refractivity contribution in [1.29, 1.82) is 0 Å². The molecule has 0 bridgehead atoms. The number of benzene rings is 1. The summed E-state index contributed by atoms with van der Waals surface area (Å²) in [6.45, 7) is 0. The molecule has 0 radical (unpaired) electrons. The maximum absolute atomic E-state index is 13.5. The van der Waals surface area contributed by atoms with Crippen molar-refractivity contribution in [2.45, 2.75) is 0 Å². The van der Waals surface area contributed by atoms with E-state index in [9.17, 15) is 13.6 Å². The van der Waals surface area contributed by atoms with Gasteiger partial charge in [0.15, 0.2) is 11.6 Å². The summed E-state index contributed by atoms with van der Waals surface area (Å²) in [6.07, 6.45) is 1.05. The lowest BCUT2D eigenvalue weighted by Gasteiger charge is -2.08. The van der Waals surface area contributed by atoms with Crippen LogP contribution in [0.1, 0.15) is 10.4 Å². The molecule has 0 aliphatic heterocycles. The van der Waals surface area contributed by atoms with Crippen molar-refractivity contribution in [1.82, 2.24) is 4.98 Å². The first-order chi connectivity index (χ1) is 9.38. The average Bonchev–Trinajstić information content (AvgIpc) is 2.37. The number of hydrogen-bond acceptors (Lipinski definition) is 3. The second-order valence-corrected chi connectivity index (χ2v) is 4.93. The molecule has 4 nitrogen and oxygen atoms in total. The molecular formula is C12H5BrClF2NO3. The smallest absolute Gasteiger partial charge is 0.337 e. The Hall–Kier alpha value is -1.73. The summed E-state index contributed by atoms with van der Waals surface area (Å²) in [7, 11) is 0. The second kappa shape index (κ2) is 5.72. The predicted molar refractivity (Wildman–Crippen MR) is 70.3 cm³/mol. The van der Waals surface area contributed by atoms with Gasteiger partial charge in [-0.25, -0.2) is 14.2 Å². The number of nitrogens with zero attached hydrogens (tertiary/aromatic N) is 1. The Morgan fingerprint density at radius 1 is 1.35 bits per heavy atom. The third kappa shape index (κ3) is 3.05. The lowest BCUT2D eigenvalue weighted by Crippen LogP contribution is -2.00. The first-order valence-electron chi connectivity index (χ1n) is 5.09. The van der Waals surface area contributed by atoms with Crippen molar-refractivity contribution in [3.63, 3.8) is 0 Å². The van der Waals surface area contributed by atoms with Crippen molar-refractivity contribution in [2.75, 3.05) is 0 Å². The first-order valence-corrected chi connectivity index (χ1v) is 6.27. The van der Waals surface area contributed by atoms with E-state index < -0.39 is 23.4 Å². The summed E-state index contributed by atoms with van der Waals surface area (Å²) in [6, 6.07) is 3.14. The SMILES string of the molecule is O=C(O)c1cc(Oc2cc(Br)cc(F)c2F)ncc1Cl. The summed E-state index contributed by atoms with van der Waals surface area (Å²) < 4.78 is 32.0. The van der Waals surface area contributed by atoms with Crippen LogP contribution in [0.3, 0.4) is 0 Å². The number of aromatic carboxylic acids is 1. The van der Waals surface area contributed by atoms with Gasteiger partial charge in [-0.1, -0.05) is 27.5 Å². The molecule has 0 unspecified atom stereocenters. The van der Waals surface area contributed by atoms with Crippen LogP contribution in [-0.4, -0.2) is 16.1 Å². The molecule has 0 amide bonds. The van der Waals surface area contributed by atoms with Gasteiger partial charge in [0.1, 0.15) is 0 Å². The van der Waals surface area contributed by atoms with Crippen LogP contribution in [0.4, 0.5) is 8.78 Å². The van der Waals surface area contributed by atoms with E-state index in [1.807, 2.05) is 0 Å². The van der Waals surface area contributed by atoms with Crippen molar-refractivity contribution >= 4 is 33.5 Å². The molecular weight excluding hydrogens is 359 g/mol. The quantitative estimate of drug-likeness (QED) is 0.827. The summed E-state index contributed by atoms with van der Waals surface area (Å²) >= 11 is 8.62. The van der Waals surface area contributed by atoms with Gasteiger partial charge in [0.05, 0.1) is 16.8 Å². The summed E-state index contributed by atoms with van der Waals surface area (Å²) in [5.74, 6) is -4.25. The van der Waals surface area contributed by atoms with Crippen molar-refractivity contribution in [3.05, 3.63) is 51.1 Å². The van der Waals surface area contributed by atoms with Crippen LogP contribution in [0.15, 0.2) is 28.9 Å². The molecule has 0 fully saturated rings. The largest absolute Gasteiger partial charge is 0.478 e. The molecule has 0 saturated heterocycles. The Kier molecular flexibility index (Phi) is 4.20. The van der Waals surface area contributed by atoms with Gasteiger partial charge >= 0.3 is 5.97 Å². The molecule has 1 heterocycles. The van der Waals surface area contributed by atoms with Gasteiger partial charge in [0.2, 0.25) is 11.7 Å². The highest BCUT2D eigenvalue weighted by atomic mass is 79.9. The van der Waals surface area contributed by atoms with Crippen LogP contribution in [0.25, 0.3) is 0 Å². The third-order valence-electron chi connectivity index (χ3n) is 2.23. The van der Waals surface area contributed by atoms with Gasteiger partial charge in [-0.2, -0.15) is 4.39 Å². The summed E-state index contributed by atoms with van der Waals surface area (Å²) in [4.78, 5) is 14.6. The van der Waals surface area contributed by atoms with E-state index in [1.165, 1.54) is 6.07 Å². The van der Waals surface area contributed by atoms with Gasteiger partial charge in [-0.05, 0) is 12.1 Å². The van der Waals surface area contributed by atoms with Gasteiger partial charge in [0.25, 0.3) is 0 Å². The molecule has 1 N–H and O–H groups in total. The number of pyridine rings is 1. The van der Waals surface area contributed by atoms with Crippen LogP contribution in [0, 0.1) is 11.6 Å². The molecule has 104 valence electrons. The minimum atomic E-state index is -1.29. The van der Waals surface area contributed by atoms with Crippen LogP contribution in [0.5, 0.6) is 11.6 Å². The van der Waals surface area contributed by atoms with E-state index in [1.54, 1.807) is 0 Å². The van der Waals surface area contributed by atoms with E-state index in [0.29, 0.717) is 0 Å². The van der Waals surface area contributed by atoms with Crippen molar-refractivity contribution < 1.29 is 23.4 Å². The fraction of sp³-hybridized carbons (Fsp3) is 0. The number of aromatic nitrogens is 1. The third-order valence-corrected chi connectivity index (χ3v) is 2.99. The number of carboxylic acids is 1. The number of carbonyl (C=O) groups is 1. The Bertz CT molecular complexity index is 697. The zero-order valence-corrected chi connectivity index (χ0v) is 11.9. The second-order valence-electron chi connectivity index (χ2n) is 3.61. The standard InChI is InChI=1S/C12H5BrClF2NO3/c13-5-1-8(15)11(16)9(2-5)20-10-3-6(12(18)19)7(14)4-17-10/h1-4H,(H,18,19). The van der Waals surface area contributed by atoms with Gasteiger partial charge in [-0.3, -0.25) is 0 Å². The molecule has 0 atom stereocenters. The lowest BCUT2D eigenvalue weighted by atomic mass is 10.2. The predicted octanol–water partition coefficient (Wildman–Crippen LogP) is 4.27. The molecule has 8 heteroatoms. The number of carboxylic acid groups (broad SMARTS) is 1. The van der Waals surface area contributed by atoms with Gasteiger partial charge < -0.3 is 9.84 Å². The fourth-order valence-electron chi connectivity index (χ4n) is 1.36. The number of halogens is 4. The van der Waals surface area contributed by atoms with E-state index in [2.05, 4.69) is 20.9 Å². The highest BCUT2D eigenvalue weighted by molar-refractivity contribution is 9.10. The van der Waals surface area contributed by atoms with Crippen molar-refractivity contribution in [2.24, 2.45) is 0 Å². The normalized spacial score (nSPS) is 10.4. The molecule has 1 aromatic heterocycles. The molecule has 0 aliphatic carbocycles. The molecule has 0 aliphatic rings. The first kappa shape index (κ1) is 14.7. The van der Waals surface area contributed by atoms with E-state index in [0.717, 1.165) is 18.3 Å². The number of ether oxygens (including phenoxy) is 1. The zero-order chi connectivity index (χ0) is 14.9. The van der Waals surface area contributed by atoms with E-state index in [-0.39, 0.29) is 20.9 Å². The van der Waals surface area contributed by atoms with Crippen LogP contribution in [0.2, 0.25) is 5.02 Å². The lowest BCUT2D eigenvalue weighted by molar-refractivity contribution is 0.0696. The fourth-order valence-corrected chi connectivity index (χ4v) is 1.95. The Labute approximate surface area is 125 Å². The average molecular weight is 365 g/mol. The highest BCUT2D eigenvalue weighted by Gasteiger charge is 2.15. The van der Waals surface area contributed by atoms with Gasteiger partial charge in [-0.15, -0.1) is 0 Å². The topological polar surface area (TPSA) is 59.4 Å². The van der Waals surface area contributed by atoms with Crippen molar-refractivity contribution in [3.8, 4) is 11.6 Å². The molecule has 1 aromatic carbocycles. The maximum atomic E-state index is 13.5. The molecule has 0 saturated carbocycles. The summed E-state index contributed by atoms with van der Waals surface area (Å²) in [5.41, 5.74) is -0.257. The van der Waals surface area contributed by atoms with Crippen LogP contribution < -0.4 is 4.74 Å². The Balaban J connectivity index is 2.40. The molecule has 2 aromatic rings. The number of rotatable bonds is 3. The highest BCUT2D eigenvalue weighted by Crippen LogP contribution is 2.30. The maximum Gasteiger partial charge on any atom is 0.337 e.